The predicted molar refractivity (Wildman–Crippen MR) is 84.2 cm³/mol. The second kappa shape index (κ2) is 6.29. The first-order chi connectivity index (χ1) is 9.11. The van der Waals surface area contributed by atoms with E-state index in [1.54, 1.807) is 0 Å². The van der Waals surface area contributed by atoms with Crippen LogP contribution in [0.1, 0.15) is 20.3 Å². The summed E-state index contributed by atoms with van der Waals surface area (Å²) in [5.74, 6) is 0.740. The molecule has 1 aromatic rings. The maximum absolute atomic E-state index is 3.65. The van der Waals surface area contributed by atoms with Crippen LogP contribution in [0.5, 0.6) is 0 Å². The third kappa shape index (κ3) is 3.41. The van der Waals surface area contributed by atoms with Gasteiger partial charge in [-0.2, -0.15) is 0 Å². The normalized spacial score (nSPS) is 21.3. The van der Waals surface area contributed by atoms with Gasteiger partial charge in [-0.3, -0.25) is 0 Å². The summed E-state index contributed by atoms with van der Waals surface area (Å²) in [6.45, 7) is 7.93. The van der Waals surface area contributed by atoms with E-state index in [9.17, 15) is 0 Å². The second-order valence-electron chi connectivity index (χ2n) is 5.80. The van der Waals surface area contributed by atoms with Gasteiger partial charge >= 0.3 is 0 Å². The molecule has 3 heteroatoms. The van der Waals surface area contributed by atoms with Crippen molar-refractivity contribution in [3.8, 4) is 0 Å². The van der Waals surface area contributed by atoms with Crippen LogP contribution in [0.4, 0.5) is 11.4 Å². The minimum Gasteiger partial charge on any atom is -0.378 e. The highest BCUT2D eigenvalue weighted by molar-refractivity contribution is 5.56. The molecule has 2 unspecified atom stereocenters. The molecule has 0 amide bonds. The van der Waals surface area contributed by atoms with E-state index in [0.29, 0.717) is 6.04 Å². The van der Waals surface area contributed by atoms with Crippen LogP contribution in [0.3, 0.4) is 0 Å². The van der Waals surface area contributed by atoms with E-state index in [-0.39, 0.29) is 0 Å². The maximum Gasteiger partial charge on any atom is 0.0368 e. The van der Waals surface area contributed by atoms with Gasteiger partial charge in [0.25, 0.3) is 0 Å². The zero-order chi connectivity index (χ0) is 13.8. The van der Waals surface area contributed by atoms with E-state index in [0.717, 1.165) is 25.6 Å². The average Bonchev–Trinajstić information content (AvgIpc) is 2.46. The maximum atomic E-state index is 3.65. The molecule has 0 aromatic heterocycles. The molecule has 0 aliphatic carbocycles. The zero-order valence-electron chi connectivity index (χ0n) is 12.7. The lowest BCUT2D eigenvalue weighted by atomic mass is 9.97. The third-order valence-electron chi connectivity index (χ3n) is 4.27. The Morgan fingerprint density at radius 1 is 1.32 bits per heavy atom. The molecule has 1 N–H and O–H groups in total. The zero-order valence-corrected chi connectivity index (χ0v) is 12.7. The van der Waals surface area contributed by atoms with Crippen LogP contribution in [0.2, 0.25) is 0 Å². The van der Waals surface area contributed by atoms with Crippen LogP contribution < -0.4 is 15.1 Å². The lowest BCUT2D eigenvalue weighted by Gasteiger charge is -2.38. The van der Waals surface area contributed by atoms with Crippen LogP contribution >= 0.6 is 0 Å². The quantitative estimate of drug-likeness (QED) is 0.898. The molecule has 0 radical (unpaired) electrons. The van der Waals surface area contributed by atoms with Gasteiger partial charge in [-0.15, -0.1) is 0 Å². The number of hydrogen-bond acceptors (Lipinski definition) is 3. The molecule has 3 nitrogen and oxygen atoms in total. The molecule has 0 saturated carbocycles. The summed E-state index contributed by atoms with van der Waals surface area (Å²) in [7, 11) is 4.16. The molecule has 106 valence electrons. The molecule has 1 aromatic carbocycles. The predicted octanol–water partition coefficient (Wildman–Crippen LogP) is 2.58. The van der Waals surface area contributed by atoms with E-state index in [4.69, 9.17) is 0 Å². The van der Waals surface area contributed by atoms with Crippen molar-refractivity contribution in [3.63, 3.8) is 0 Å². The van der Waals surface area contributed by atoms with Crippen LogP contribution in [-0.2, 0) is 0 Å². The number of nitrogens with one attached hydrogen (secondary N) is 1. The highest BCUT2D eigenvalue weighted by Gasteiger charge is 2.23. The van der Waals surface area contributed by atoms with Gasteiger partial charge in [-0.1, -0.05) is 20.3 Å². The lowest BCUT2D eigenvalue weighted by Crippen LogP contribution is -2.53. The molecule has 1 saturated heterocycles. The highest BCUT2D eigenvalue weighted by Crippen LogP contribution is 2.22. The summed E-state index contributed by atoms with van der Waals surface area (Å²) in [4.78, 5) is 4.65. The van der Waals surface area contributed by atoms with Crippen molar-refractivity contribution in [3.05, 3.63) is 24.3 Å². The standard InChI is InChI=1S/C16H27N3/c1-5-13(2)16-12-19(11-10-17-16)15-8-6-14(7-9-15)18(3)4/h6-9,13,16-17H,5,10-12H2,1-4H3. The van der Waals surface area contributed by atoms with Gasteiger partial charge < -0.3 is 15.1 Å². The molecule has 1 aliphatic heterocycles. The molecule has 19 heavy (non-hydrogen) atoms. The number of anilines is 2. The van der Waals surface area contributed by atoms with E-state index in [1.807, 2.05) is 0 Å². The molecular formula is C16H27N3. The minimum atomic E-state index is 0.618. The summed E-state index contributed by atoms with van der Waals surface area (Å²) in [5.41, 5.74) is 2.61. The van der Waals surface area contributed by atoms with Crippen molar-refractivity contribution in [2.75, 3.05) is 43.5 Å². The summed E-state index contributed by atoms with van der Waals surface area (Å²) in [6, 6.07) is 9.51. The Labute approximate surface area is 117 Å². The fourth-order valence-corrected chi connectivity index (χ4v) is 2.64. The molecular weight excluding hydrogens is 234 g/mol. The topological polar surface area (TPSA) is 18.5 Å². The van der Waals surface area contributed by atoms with Gasteiger partial charge in [0.05, 0.1) is 0 Å². The average molecular weight is 261 g/mol. The van der Waals surface area contributed by atoms with Crippen molar-refractivity contribution in [1.29, 1.82) is 0 Å². The molecule has 0 bridgehead atoms. The van der Waals surface area contributed by atoms with Gasteiger partial charge in [-0.05, 0) is 30.2 Å². The summed E-state index contributed by atoms with van der Waals surface area (Å²) in [6.07, 6.45) is 1.24. The molecule has 1 aliphatic rings. The summed E-state index contributed by atoms with van der Waals surface area (Å²) >= 11 is 0. The van der Waals surface area contributed by atoms with Gasteiger partial charge in [0.15, 0.2) is 0 Å². The van der Waals surface area contributed by atoms with E-state index in [2.05, 4.69) is 67.3 Å². The van der Waals surface area contributed by atoms with Gasteiger partial charge in [-0.25, -0.2) is 0 Å². The first-order valence-corrected chi connectivity index (χ1v) is 7.37. The van der Waals surface area contributed by atoms with E-state index >= 15 is 0 Å². The van der Waals surface area contributed by atoms with Gasteiger partial charge in [0.2, 0.25) is 0 Å². The monoisotopic (exact) mass is 261 g/mol. The second-order valence-corrected chi connectivity index (χ2v) is 5.80. The minimum absolute atomic E-state index is 0.618. The number of benzene rings is 1. The summed E-state index contributed by atoms with van der Waals surface area (Å²) in [5, 5.41) is 3.65. The number of nitrogens with zero attached hydrogens (tertiary/aromatic N) is 2. The Balaban J connectivity index is 2.04. The molecule has 1 heterocycles. The Morgan fingerprint density at radius 3 is 2.58 bits per heavy atom. The molecule has 1 fully saturated rings. The molecule has 2 atom stereocenters. The molecule has 0 spiro atoms. The van der Waals surface area contributed by atoms with Crippen molar-refractivity contribution in [2.24, 2.45) is 5.92 Å². The number of piperazine rings is 1. The van der Waals surface area contributed by atoms with Crippen molar-refractivity contribution < 1.29 is 0 Å². The first-order valence-electron chi connectivity index (χ1n) is 7.37. The van der Waals surface area contributed by atoms with Crippen LogP contribution in [0.25, 0.3) is 0 Å². The lowest BCUT2D eigenvalue weighted by molar-refractivity contribution is 0.342. The summed E-state index contributed by atoms with van der Waals surface area (Å²) < 4.78 is 0. The Hall–Kier alpha value is -1.22. The number of rotatable bonds is 4. The fourth-order valence-electron chi connectivity index (χ4n) is 2.64. The fraction of sp³-hybridized carbons (Fsp3) is 0.625. The molecule has 2 rings (SSSR count). The van der Waals surface area contributed by atoms with Crippen LogP contribution in [0.15, 0.2) is 24.3 Å². The SMILES string of the molecule is CCC(C)C1CN(c2ccc(N(C)C)cc2)CCN1. The Bertz CT molecular complexity index is 385. The van der Waals surface area contributed by atoms with E-state index < -0.39 is 0 Å². The smallest absolute Gasteiger partial charge is 0.0368 e. The Morgan fingerprint density at radius 2 is 2.00 bits per heavy atom. The number of hydrogen-bond donors (Lipinski definition) is 1. The Kier molecular flexibility index (Phi) is 4.70. The van der Waals surface area contributed by atoms with Crippen LogP contribution in [0, 0.1) is 5.92 Å². The van der Waals surface area contributed by atoms with Crippen molar-refractivity contribution in [2.45, 2.75) is 26.3 Å². The van der Waals surface area contributed by atoms with Gasteiger partial charge in [0.1, 0.15) is 0 Å². The van der Waals surface area contributed by atoms with Gasteiger partial charge in [0, 0.05) is 51.1 Å². The van der Waals surface area contributed by atoms with Crippen molar-refractivity contribution >= 4 is 11.4 Å². The van der Waals surface area contributed by atoms with E-state index in [1.165, 1.54) is 17.8 Å². The largest absolute Gasteiger partial charge is 0.378 e. The van der Waals surface area contributed by atoms with Crippen LogP contribution in [-0.4, -0.2) is 39.8 Å². The van der Waals surface area contributed by atoms with Crippen molar-refractivity contribution in [1.82, 2.24) is 5.32 Å². The third-order valence-corrected chi connectivity index (χ3v) is 4.27. The first kappa shape index (κ1) is 14.2. The highest BCUT2D eigenvalue weighted by atomic mass is 15.2.